The van der Waals surface area contributed by atoms with Gasteiger partial charge in [-0.15, -0.1) is 0 Å². The molecule has 0 aliphatic heterocycles. The van der Waals surface area contributed by atoms with Crippen LogP contribution in [0.4, 0.5) is 0 Å². The lowest BCUT2D eigenvalue weighted by molar-refractivity contribution is 0.142. The molecule has 0 saturated heterocycles. The zero-order valence-corrected chi connectivity index (χ0v) is 10.3. The Morgan fingerprint density at radius 2 is 2.29 bits per heavy atom. The predicted octanol–water partition coefficient (Wildman–Crippen LogP) is 2.58. The highest BCUT2D eigenvalue weighted by atomic mass is 79.9. The summed E-state index contributed by atoms with van der Waals surface area (Å²) in [7, 11) is 1.92. The normalized spacial score (nSPS) is 11.4. The zero-order chi connectivity index (χ0) is 10.6. The molecule has 0 bridgehead atoms. The Morgan fingerprint density at radius 3 is 2.79 bits per heavy atom. The van der Waals surface area contributed by atoms with Crippen molar-refractivity contribution in [1.82, 2.24) is 9.78 Å². The van der Waals surface area contributed by atoms with Gasteiger partial charge in [-0.3, -0.25) is 4.68 Å². The van der Waals surface area contributed by atoms with E-state index < -0.39 is 0 Å². The molecule has 0 saturated carbocycles. The lowest BCUT2D eigenvalue weighted by Gasteiger charge is -2.02. The van der Waals surface area contributed by atoms with Crippen molar-refractivity contribution in [3.8, 4) is 0 Å². The van der Waals surface area contributed by atoms with E-state index in [-0.39, 0.29) is 0 Å². The van der Waals surface area contributed by atoms with Crippen LogP contribution in [0.1, 0.15) is 18.3 Å². The lowest BCUT2D eigenvalue weighted by Crippen LogP contribution is -2.01. The van der Waals surface area contributed by atoms with Crippen LogP contribution in [0.5, 0.6) is 0 Å². The van der Waals surface area contributed by atoms with Gasteiger partial charge < -0.3 is 4.74 Å². The first-order valence-corrected chi connectivity index (χ1v) is 5.33. The van der Waals surface area contributed by atoms with Gasteiger partial charge in [-0.1, -0.05) is 12.2 Å². The summed E-state index contributed by atoms with van der Waals surface area (Å²) in [4.78, 5) is 0. The van der Waals surface area contributed by atoms with E-state index in [1.807, 2.05) is 37.7 Å². The molecule has 0 aromatic carbocycles. The van der Waals surface area contributed by atoms with E-state index in [0.717, 1.165) is 15.9 Å². The molecule has 0 aliphatic carbocycles. The van der Waals surface area contributed by atoms with E-state index in [1.165, 1.54) is 0 Å². The summed E-state index contributed by atoms with van der Waals surface area (Å²) in [5.74, 6) is 0. The Hall–Kier alpha value is -0.610. The van der Waals surface area contributed by atoms with Crippen LogP contribution in [0, 0.1) is 6.92 Å². The number of nitrogens with zero attached hydrogens (tertiary/aromatic N) is 2. The van der Waals surface area contributed by atoms with Crippen molar-refractivity contribution in [2.24, 2.45) is 7.05 Å². The van der Waals surface area contributed by atoms with Gasteiger partial charge in [0.15, 0.2) is 0 Å². The van der Waals surface area contributed by atoms with E-state index in [9.17, 15) is 0 Å². The summed E-state index contributed by atoms with van der Waals surface area (Å²) in [6.07, 6.45) is 3.96. The van der Waals surface area contributed by atoms with E-state index in [2.05, 4.69) is 21.0 Å². The molecule has 0 fully saturated rings. The molecule has 0 unspecified atom stereocenters. The number of aromatic nitrogens is 2. The topological polar surface area (TPSA) is 27.1 Å². The maximum absolute atomic E-state index is 5.46. The highest BCUT2D eigenvalue weighted by Crippen LogP contribution is 2.20. The minimum atomic E-state index is 0.586. The van der Waals surface area contributed by atoms with Crippen LogP contribution < -0.4 is 0 Å². The fourth-order valence-electron chi connectivity index (χ4n) is 1.16. The zero-order valence-electron chi connectivity index (χ0n) is 8.75. The molecule has 1 aromatic rings. The smallest absolute Gasteiger partial charge is 0.0900 e. The minimum absolute atomic E-state index is 0.586. The quantitative estimate of drug-likeness (QED) is 0.613. The van der Waals surface area contributed by atoms with Crippen LogP contribution in [0.2, 0.25) is 0 Å². The molecular weight excluding hydrogens is 244 g/mol. The Morgan fingerprint density at radius 1 is 1.57 bits per heavy atom. The summed E-state index contributed by atoms with van der Waals surface area (Å²) < 4.78 is 8.34. The number of allylic oxidation sites excluding steroid dienone is 1. The number of hydrogen-bond donors (Lipinski definition) is 0. The fraction of sp³-hybridized carbons (Fsp3) is 0.500. The molecule has 0 atom stereocenters. The van der Waals surface area contributed by atoms with Crippen LogP contribution in [-0.2, 0) is 18.4 Å². The lowest BCUT2D eigenvalue weighted by atomic mass is 10.4. The number of aryl methyl sites for hydroxylation is 2. The van der Waals surface area contributed by atoms with Gasteiger partial charge in [-0.25, -0.2) is 0 Å². The van der Waals surface area contributed by atoms with Crippen molar-refractivity contribution in [2.45, 2.75) is 20.5 Å². The summed E-state index contributed by atoms with van der Waals surface area (Å²) in [6.45, 7) is 5.18. The van der Waals surface area contributed by atoms with Crippen LogP contribution in [-0.4, -0.2) is 16.4 Å². The SMILES string of the molecule is CC=CCOCc1c(Br)c(C)nn1C. The molecular formula is C10H15BrN2O. The molecule has 14 heavy (non-hydrogen) atoms. The van der Waals surface area contributed by atoms with Gasteiger partial charge in [0, 0.05) is 7.05 Å². The van der Waals surface area contributed by atoms with Gasteiger partial charge in [-0.2, -0.15) is 5.10 Å². The maximum atomic E-state index is 5.46. The van der Waals surface area contributed by atoms with Crippen LogP contribution in [0.25, 0.3) is 0 Å². The van der Waals surface area contributed by atoms with Gasteiger partial charge in [0.05, 0.1) is 29.1 Å². The van der Waals surface area contributed by atoms with Gasteiger partial charge in [0.25, 0.3) is 0 Å². The van der Waals surface area contributed by atoms with Crippen LogP contribution >= 0.6 is 15.9 Å². The second kappa shape index (κ2) is 5.32. The molecule has 0 aliphatic rings. The first-order valence-electron chi connectivity index (χ1n) is 4.53. The van der Waals surface area contributed by atoms with Crippen molar-refractivity contribution in [2.75, 3.05) is 6.61 Å². The number of rotatable bonds is 4. The summed E-state index contributed by atoms with van der Waals surface area (Å²) in [6, 6.07) is 0. The van der Waals surface area contributed by atoms with Gasteiger partial charge in [0.1, 0.15) is 0 Å². The molecule has 3 nitrogen and oxygen atoms in total. The van der Waals surface area contributed by atoms with Crippen molar-refractivity contribution < 1.29 is 4.74 Å². The second-order valence-electron chi connectivity index (χ2n) is 3.05. The third kappa shape index (κ3) is 2.69. The molecule has 1 rings (SSSR count). The standard InChI is InChI=1S/C10H15BrN2O/c1-4-5-6-14-7-9-10(11)8(2)12-13(9)3/h4-5H,6-7H2,1-3H3. The molecule has 78 valence electrons. The number of ether oxygens (including phenoxy) is 1. The fourth-order valence-corrected chi connectivity index (χ4v) is 1.61. The van der Waals surface area contributed by atoms with Gasteiger partial charge >= 0.3 is 0 Å². The molecule has 1 heterocycles. The Labute approximate surface area is 92.9 Å². The third-order valence-corrected chi connectivity index (χ3v) is 2.98. The van der Waals surface area contributed by atoms with E-state index in [1.54, 1.807) is 0 Å². The van der Waals surface area contributed by atoms with Crippen molar-refractivity contribution >= 4 is 15.9 Å². The minimum Gasteiger partial charge on any atom is -0.371 e. The summed E-state index contributed by atoms with van der Waals surface area (Å²) in [5, 5.41) is 4.28. The highest BCUT2D eigenvalue weighted by molar-refractivity contribution is 9.10. The third-order valence-electron chi connectivity index (χ3n) is 1.95. The van der Waals surface area contributed by atoms with Gasteiger partial charge in [-0.05, 0) is 29.8 Å². The molecule has 0 amide bonds. The number of halogens is 1. The molecule has 0 N–H and O–H groups in total. The van der Waals surface area contributed by atoms with Crippen LogP contribution in [0.3, 0.4) is 0 Å². The van der Waals surface area contributed by atoms with Crippen LogP contribution in [0.15, 0.2) is 16.6 Å². The molecule has 1 aromatic heterocycles. The Kier molecular flexibility index (Phi) is 4.35. The van der Waals surface area contributed by atoms with E-state index in [4.69, 9.17) is 4.74 Å². The largest absolute Gasteiger partial charge is 0.371 e. The summed E-state index contributed by atoms with van der Waals surface area (Å²) >= 11 is 3.49. The molecule has 4 heteroatoms. The van der Waals surface area contributed by atoms with Crippen molar-refractivity contribution in [1.29, 1.82) is 0 Å². The van der Waals surface area contributed by atoms with Crippen molar-refractivity contribution in [3.05, 3.63) is 28.0 Å². The highest BCUT2D eigenvalue weighted by Gasteiger charge is 2.09. The maximum Gasteiger partial charge on any atom is 0.0900 e. The van der Waals surface area contributed by atoms with Gasteiger partial charge in [0.2, 0.25) is 0 Å². The van der Waals surface area contributed by atoms with E-state index >= 15 is 0 Å². The number of hydrogen-bond acceptors (Lipinski definition) is 2. The Balaban J connectivity index is 2.58. The first kappa shape index (κ1) is 11.5. The average Bonchev–Trinajstić information content (AvgIpc) is 2.38. The first-order chi connectivity index (χ1) is 6.66. The van der Waals surface area contributed by atoms with Crippen molar-refractivity contribution in [3.63, 3.8) is 0 Å². The summed E-state index contributed by atoms with van der Waals surface area (Å²) in [5.41, 5.74) is 2.07. The monoisotopic (exact) mass is 258 g/mol. The molecule has 0 spiro atoms. The molecule has 0 radical (unpaired) electrons. The predicted molar refractivity (Wildman–Crippen MR) is 60.1 cm³/mol. The van der Waals surface area contributed by atoms with E-state index in [0.29, 0.717) is 13.2 Å². The average molecular weight is 259 g/mol. The Bertz CT molecular complexity index is 331. The second-order valence-corrected chi connectivity index (χ2v) is 3.85.